The fourth-order valence-electron chi connectivity index (χ4n) is 4.01. The van der Waals surface area contributed by atoms with E-state index < -0.39 is 40.2 Å². The third-order valence-corrected chi connectivity index (χ3v) is 7.73. The molecule has 0 unspecified atom stereocenters. The molecule has 0 radical (unpaired) electrons. The number of amides is 3. The third-order valence-electron chi connectivity index (χ3n) is 5.94. The average molecular weight is 635 g/mol. The molecule has 43 heavy (non-hydrogen) atoms. The molecule has 0 saturated carbocycles. The molecule has 13 heteroatoms. The lowest BCUT2D eigenvalue weighted by molar-refractivity contribution is -0.154. The lowest BCUT2D eigenvalue weighted by Crippen LogP contribution is -2.31. The van der Waals surface area contributed by atoms with Crippen molar-refractivity contribution >= 4 is 57.9 Å². The Morgan fingerprint density at radius 3 is 2.35 bits per heavy atom. The molecule has 3 amide bonds. The normalized spacial score (nSPS) is 14.9. The van der Waals surface area contributed by atoms with E-state index in [2.05, 4.69) is 5.32 Å². The van der Waals surface area contributed by atoms with Crippen molar-refractivity contribution in [1.29, 1.82) is 0 Å². The van der Waals surface area contributed by atoms with Gasteiger partial charge in [0.2, 0.25) is 5.91 Å². The van der Waals surface area contributed by atoms with E-state index in [9.17, 15) is 36.7 Å². The zero-order chi connectivity index (χ0) is 31.5. The molecule has 4 rings (SSSR count). The predicted octanol–water partition coefficient (Wildman–Crippen LogP) is 7.52. The van der Waals surface area contributed by atoms with Crippen LogP contribution in [-0.2, 0) is 31.7 Å². The Morgan fingerprint density at radius 1 is 1.00 bits per heavy atom. The number of hydrogen-bond acceptors (Lipinski definition) is 7. The highest BCUT2D eigenvalue weighted by atomic mass is 32.2. The average Bonchev–Trinajstić information content (AvgIpc) is 3.46. The van der Waals surface area contributed by atoms with Crippen molar-refractivity contribution in [3.63, 3.8) is 0 Å². The van der Waals surface area contributed by atoms with Crippen LogP contribution in [0.4, 0.5) is 28.0 Å². The summed E-state index contributed by atoms with van der Waals surface area (Å²) in [6.45, 7) is 5.18. The van der Waals surface area contributed by atoms with Gasteiger partial charge in [0.1, 0.15) is 11.4 Å². The first-order valence-corrected chi connectivity index (χ1v) is 14.6. The molecular formula is C30H26F4N2O5S2. The Kier molecular flexibility index (Phi) is 9.45. The van der Waals surface area contributed by atoms with Gasteiger partial charge < -0.3 is 10.1 Å². The second-order valence-electron chi connectivity index (χ2n) is 10.5. The summed E-state index contributed by atoms with van der Waals surface area (Å²) in [4.78, 5) is 51.4. The summed E-state index contributed by atoms with van der Waals surface area (Å²) in [5.41, 5.74) is -0.234. The van der Waals surface area contributed by atoms with Gasteiger partial charge in [-0.3, -0.25) is 24.1 Å². The van der Waals surface area contributed by atoms with Crippen LogP contribution in [0.25, 0.3) is 17.2 Å². The molecular weight excluding hydrogens is 608 g/mol. The van der Waals surface area contributed by atoms with Gasteiger partial charge in [0, 0.05) is 23.5 Å². The molecule has 2 aromatic carbocycles. The van der Waals surface area contributed by atoms with Crippen LogP contribution in [0.2, 0.25) is 0 Å². The Hall–Kier alpha value is -3.97. The van der Waals surface area contributed by atoms with Crippen molar-refractivity contribution in [3.05, 3.63) is 80.6 Å². The first kappa shape index (κ1) is 32.0. The van der Waals surface area contributed by atoms with E-state index in [4.69, 9.17) is 4.74 Å². The minimum atomic E-state index is -4.84. The Balaban J connectivity index is 1.33. The summed E-state index contributed by atoms with van der Waals surface area (Å²) in [6.07, 6.45) is -3.47. The van der Waals surface area contributed by atoms with Crippen LogP contribution in [0.3, 0.4) is 0 Å². The quantitative estimate of drug-likeness (QED) is 0.157. The SMILES string of the molecule is CC(C)(C)OC(=O)Cc1ccc(NC(=O)CCN2C(=O)SC(=Cc3cc(-c4ccc(F)c(C(F)(F)F)c4)cs3)C2=O)cc1. The van der Waals surface area contributed by atoms with Crippen LogP contribution < -0.4 is 5.32 Å². The minimum absolute atomic E-state index is 0.0796. The number of nitrogens with one attached hydrogen (secondary N) is 1. The first-order valence-electron chi connectivity index (χ1n) is 12.9. The van der Waals surface area contributed by atoms with Gasteiger partial charge in [-0.05, 0) is 91.0 Å². The van der Waals surface area contributed by atoms with Crippen LogP contribution in [0, 0.1) is 5.82 Å². The van der Waals surface area contributed by atoms with Gasteiger partial charge in [-0.2, -0.15) is 13.2 Å². The molecule has 1 N–H and O–H groups in total. The van der Waals surface area contributed by atoms with E-state index in [1.807, 2.05) is 0 Å². The highest BCUT2D eigenvalue weighted by Gasteiger charge is 2.36. The van der Waals surface area contributed by atoms with Gasteiger partial charge in [0.15, 0.2) is 0 Å². The van der Waals surface area contributed by atoms with E-state index >= 15 is 0 Å². The Bertz CT molecular complexity index is 1590. The van der Waals surface area contributed by atoms with E-state index in [-0.39, 0.29) is 35.8 Å². The number of nitrogens with zero attached hydrogens (tertiary/aromatic N) is 1. The number of rotatable bonds is 8. The summed E-state index contributed by atoms with van der Waals surface area (Å²) < 4.78 is 58.2. The van der Waals surface area contributed by atoms with E-state index in [0.717, 1.165) is 28.4 Å². The summed E-state index contributed by atoms with van der Waals surface area (Å²) in [7, 11) is 0. The number of alkyl halides is 3. The number of ether oxygens (including phenoxy) is 1. The number of carbonyl (C=O) groups excluding carboxylic acids is 4. The number of benzene rings is 2. The van der Waals surface area contributed by atoms with Gasteiger partial charge >= 0.3 is 12.1 Å². The van der Waals surface area contributed by atoms with Crippen molar-refractivity contribution in [2.24, 2.45) is 0 Å². The Morgan fingerprint density at radius 2 is 1.70 bits per heavy atom. The second kappa shape index (κ2) is 12.7. The van der Waals surface area contributed by atoms with Crippen LogP contribution in [0.1, 0.15) is 43.2 Å². The molecule has 7 nitrogen and oxygen atoms in total. The topological polar surface area (TPSA) is 92.8 Å². The highest BCUT2D eigenvalue weighted by Crippen LogP contribution is 2.37. The van der Waals surface area contributed by atoms with Crippen molar-refractivity contribution in [1.82, 2.24) is 4.90 Å². The Labute approximate surface area is 252 Å². The molecule has 226 valence electrons. The first-order chi connectivity index (χ1) is 20.1. The molecule has 0 atom stereocenters. The number of esters is 1. The zero-order valence-corrected chi connectivity index (χ0v) is 24.8. The summed E-state index contributed by atoms with van der Waals surface area (Å²) in [5.74, 6) is -2.77. The van der Waals surface area contributed by atoms with Crippen LogP contribution >= 0.6 is 23.1 Å². The molecule has 0 spiro atoms. The molecule has 1 saturated heterocycles. The lowest BCUT2D eigenvalue weighted by atomic mass is 10.0. The maximum atomic E-state index is 13.6. The molecule has 1 aliphatic rings. The minimum Gasteiger partial charge on any atom is -0.460 e. The van der Waals surface area contributed by atoms with Crippen molar-refractivity contribution < 1.29 is 41.5 Å². The van der Waals surface area contributed by atoms with Gasteiger partial charge in [-0.25, -0.2) is 4.39 Å². The number of imide groups is 1. The number of thioether (sulfide) groups is 1. The fraction of sp³-hybridized carbons (Fsp3) is 0.267. The monoisotopic (exact) mass is 634 g/mol. The standard InChI is InChI=1S/C30H26F4N2O5S2/c1-29(2,3)41-26(38)12-17-4-7-20(8-5-17)35-25(37)10-11-36-27(39)24(43-28(36)40)15-21-13-19(16-42-21)18-6-9-23(31)22(14-18)30(32,33)34/h4-9,13-16H,10-12H2,1-3H3,(H,35,37). The van der Waals surface area contributed by atoms with Gasteiger partial charge in [0.05, 0.1) is 16.9 Å². The summed E-state index contributed by atoms with van der Waals surface area (Å²) in [5, 5.41) is 3.69. The molecule has 1 aliphatic heterocycles. The summed E-state index contributed by atoms with van der Waals surface area (Å²) >= 11 is 1.83. The third kappa shape index (κ3) is 8.54. The molecule has 1 fully saturated rings. The van der Waals surface area contributed by atoms with Gasteiger partial charge in [0.25, 0.3) is 11.1 Å². The van der Waals surface area contributed by atoms with Crippen LogP contribution in [0.5, 0.6) is 0 Å². The summed E-state index contributed by atoms with van der Waals surface area (Å²) in [6, 6.07) is 10.9. The molecule has 0 bridgehead atoms. The number of hydrogen-bond donors (Lipinski definition) is 1. The van der Waals surface area contributed by atoms with Crippen molar-refractivity contribution in [2.75, 3.05) is 11.9 Å². The molecule has 3 aromatic rings. The predicted molar refractivity (Wildman–Crippen MR) is 157 cm³/mol. The number of anilines is 1. The van der Waals surface area contributed by atoms with Gasteiger partial charge in [-0.1, -0.05) is 18.2 Å². The maximum absolute atomic E-state index is 13.6. The molecule has 2 heterocycles. The van der Waals surface area contributed by atoms with Crippen molar-refractivity contribution in [2.45, 2.75) is 45.4 Å². The maximum Gasteiger partial charge on any atom is 0.419 e. The van der Waals surface area contributed by atoms with Crippen LogP contribution in [-0.4, -0.2) is 40.1 Å². The fourth-order valence-corrected chi connectivity index (χ4v) is 5.79. The number of thiophene rings is 1. The largest absolute Gasteiger partial charge is 0.460 e. The van der Waals surface area contributed by atoms with Gasteiger partial charge in [-0.15, -0.1) is 11.3 Å². The second-order valence-corrected chi connectivity index (χ2v) is 12.5. The van der Waals surface area contributed by atoms with E-state index in [1.54, 1.807) is 50.4 Å². The van der Waals surface area contributed by atoms with E-state index in [0.29, 0.717) is 33.5 Å². The van der Waals surface area contributed by atoms with Crippen molar-refractivity contribution in [3.8, 4) is 11.1 Å². The number of carbonyl (C=O) groups is 4. The highest BCUT2D eigenvalue weighted by molar-refractivity contribution is 8.18. The van der Waals surface area contributed by atoms with Crippen LogP contribution in [0.15, 0.2) is 58.8 Å². The van der Waals surface area contributed by atoms with E-state index in [1.165, 1.54) is 18.2 Å². The smallest absolute Gasteiger partial charge is 0.419 e. The molecule has 1 aromatic heterocycles. The lowest BCUT2D eigenvalue weighted by Gasteiger charge is -2.19. The number of halogens is 4. The zero-order valence-electron chi connectivity index (χ0n) is 23.2. The molecule has 0 aliphatic carbocycles.